The van der Waals surface area contributed by atoms with Crippen molar-refractivity contribution in [3.63, 3.8) is 0 Å². The number of nitrogens with two attached hydrogens (primary N) is 1. The zero-order chi connectivity index (χ0) is 14.2. The number of piperidine rings is 1. The van der Waals surface area contributed by atoms with Gasteiger partial charge in [-0.25, -0.2) is 0 Å². The van der Waals surface area contributed by atoms with Gasteiger partial charge in [-0.05, 0) is 50.1 Å². The summed E-state index contributed by atoms with van der Waals surface area (Å²) in [6.45, 7) is 2.49. The molecule has 110 valence electrons. The maximum absolute atomic E-state index is 6.06. The minimum Gasteiger partial charge on any atom is -0.398 e. The minimum absolute atomic E-state index is 0.541. The molecular weight excluding hydrogens is 260 g/mol. The van der Waals surface area contributed by atoms with E-state index < -0.39 is 0 Å². The standard InChI is InChI=1S/C17H22N4/c18-13-6-7-15(17-12(13)4-3-9-19-17)20-14-8-11-21-10-2-1-5-16(14)21/h3-4,6-7,9,14,16,20H,1-2,5,8,10-11,18H2. The van der Waals surface area contributed by atoms with Crippen molar-refractivity contribution in [2.45, 2.75) is 37.8 Å². The highest BCUT2D eigenvalue weighted by Crippen LogP contribution is 2.32. The maximum Gasteiger partial charge on any atom is 0.0953 e. The first-order chi connectivity index (χ1) is 10.3. The Morgan fingerprint density at radius 3 is 3.05 bits per heavy atom. The van der Waals surface area contributed by atoms with E-state index in [1.165, 1.54) is 38.8 Å². The fraction of sp³-hybridized carbons (Fsp3) is 0.471. The Morgan fingerprint density at radius 1 is 1.14 bits per heavy atom. The van der Waals surface area contributed by atoms with Crippen LogP contribution in [0.1, 0.15) is 25.7 Å². The highest BCUT2D eigenvalue weighted by molar-refractivity contribution is 5.98. The number of fused-ring (bicyclic) bond motifs is 2. The molecular formula is C17H22N4. The lowest BCUT2D eigenvalue weighted by atomic mass is 9.98. The first-order valence-electron chi connectivity index (χ1n) is 7.97. The van der Waals surface area contributed by atoms with E-state index >= 15 is 0 Å². The molecule has 2 atom stereocenters. The molecule has 3 heterocycles. The lowest BCUT2D eigenvalue weighted by Crippen LogP contribution is -2.41. The highest BCUT2D eigenvalue weighted by atomic mass is 15.2. The molecule has 2 aromatic rings. The molecule has 3 N–H and O–H groups in total. The maximum atomic E-state index is 6.06. The van der Waals surface area contributed by atoms with E-state index in [0.29, 0.717) is 12.1 Å². The highest BCUT2D eigenvalue weighted by Gasteiger charge is 2.35. The number of hydrogen-bond donors (Lipinski definition) is 2. The van der Waals surface area contributed by atoms with Crippen LogP contribution in [0.5, 0.6) is 0 Å². The molecule has 2 aliphatic rings. The van der Waals surface area contributed by atoms with Crippen LogP contribution in [0.4, 0.5) is 11.4 Å². The van der Waals surface area contributed by atoms with E-state index in [0.717, 1.165) is 22.3 Å². The van der Waals surface area contributed by atoms with Gasteiger partial charge in [0.05, 0.1) is 11.2 Å². The zero-order valence-electron chi connectivity index (χ0n) is 12.3. The van der Waals surface area contributed by atoms with Crippen LogP contribution >= 0.6 is 0 Å². The lowest BCUT2D eigenvalue weighted by Gasteiger charge is -2.33. The van der Waals surface area contributed by atoms with Gasteiger partial charge in [-0.2, -0.15) is 0 Å². The van der Waals surface area contributed by atoms with Gasteiger partial charge in [0, 0.05) is 35.9 Å². The summed E-state index contributed by atoms with van der Waals surface area (Å²) in [7, 11) is 0. The van der Waals surface area contributed by atoms with Gasteiger partial charge in [0.25, 0.3) is 0 Å². The topological polar surface area (TPSA) is 54.2 Å². The van der Waals surface area contributed by atoms with Gasteiger partial charge < -0.3 is 11.1 Å². The van der Waals surface area contributed by atoms with E-state index in [4.69, 9.17) is 5.73 Å². The van der Waals surface area contributed by atoms with Crippen LogP contribution in [-0.2, 0) is 0 Å². The molecule has 4 heteroatoms. The van der Waals surface area contributed by atoms with Crippen molar-refractivity contribution in [2.24, 2.45) is 0 Å². The van der Waals surface area contributed by atoms with Crippen molar-refractivity contribution < 1.29 is 0 Å². The molecule has 4 rings (SSSR count). The number of aromatic nitrogens is 1. The van der Waals surface area contributed by atoms with Gasteiger partial charge in [-0.1, -0.05) is 6.42 Å². The van der Waals surface area contributed by atoms with Gasteiger partial charge in [-0.15, -0.1) is 0 Å². The summed E-state index contributed by atoms with van der Waals surface area (Å²) in [6, 6.07) is 9.29. The molecule has 2 unspecified atom stereocenters. The van der Waals surface area contributed by atoms with E-state index in [1.54, 1.807) is 0 Å². The average molecular weight is 282 g/mol. The lowest BCUT2D eigenvalue weighted by molar-refractivity contribution is 0.193. The van der Waals surface area contributed by atoms with Crippen molar-refractivity contribution in [1.29, 1.82) is 0 Å². The smallest absolute Gasteiger partial charge is 0.0953 e. The molecule has 0 bridgehead atoms. The minimum atomic E-state index is 0.541. The second-order valence-corrected chi connectivity index (χ2v) is 6.24. The van der Waals surface area contributed by atoms with Crippen LogP contribution in [0.2, 0.25) is 0 Å². The SMILES string of the molecule is Nc1ccc(NC2CCN3CCCCC23)c2ncccc12. The first kappa shape index (κ1) is 12.9. The van der Waals surface area contributed by atoms with Crippen LogP contribution in [0.25, 0.3) is 10.9 Å². The summed E-state index contributed by atoms with van der Waals surface area (Å²) in [6.07, 6.45) is 7.10. The zero-order valence-corrected chi connectivity index (χ0v) is 12.3. The monoisotopic (exact) mass is 282 g/mol. The number of rotatable bonds is 2. The number of nitrogens with one attached hydrogen (secondary N) is 1. The third kappa shape index (κ3) is 2.23. The second kappa shape index (κ2) is 5.19. The first-order valence-corrected chi connectivity index (χ1v) is 7.97. The van der Waals surface area contributed by atoms with Crippen molar-refractivity contribution in [1.82, 2.24) is 9.88 Å². The summed E-state index contributed by atoms with van der Waals surface area (Å²) in [5.41, 5.74) is 8.98. The molecule has 0 radical (unpaired) electrons. The fourth-order valence-corrected chi connectivity index (χ4v) is 3.93. The van der Waals surface area contributed by atoms with Crippen LogP contribution in [0.3, 0.4) is 0 Å². The molecule has 1 aromatic carbocycles. The molecule has 21 heavy (non-hydrogen) atoms. The van der Waals surface area contributed by atoms with Crippen molar-refractivity contribution in [3.8, 4) is 0 Å². The van der Waals surface area contributed by atoms with Crippen LogP contribution in [0.15, 0.2) is 30.5 Å². The number of benzene rings is 1. The average Bonchev–Trinajstić information content (AvgIpc) is 2.94. The predicted octanol–water partition coefficient (Wildman–Crippen LogP) is 2.86. The van der Waals surface area contributed by atoms with Gasteiger partial charge >= 0.3 is 0 Å². The van der Waals surface area contributed by atoms with Gasteiger partial charge in [0.2, 0.25) is 0 Å². The van der Waals surface area contributed by atoms with Crippen molar-refractivity contribution in [3.05, 3.63) is 30.5 Å². The van der Waals surface area contributed by atoms with Crippen LogP contribution in [-0.4, -0.2) is 35.1 Å². The van der Waals surface area contributed by atoms with E-state index in [1.807, 2.05) is 24.4 Å². The molecule has 2 saturated heterocycles. The molecule has 0 saturated carbocycles. The van der Waals surface area contributed by atoms with Crippen molar-refractivity contribution >= 4 is 22.3 Å². The van der Waals surface area contributed by atoms with E-state index in [9.17, 15) is 0 Å². The fourth-order valence-electron chi connectivity index (χ4n) is 3.93. The summed E-state index contributed by atoms with van der Waals surface area (Å²) in [5, 5.41) is 4.79. The van der Waals surface area contributed by atoms with E-state index in [-0.39, 0.29) is 0 Å². The Morgan fingerprint density at radius 2 is 2.10 bits per heavy atom. The predicted molar refractivity (Wildman–Crippen MR) is 87.4 cm³/mol. The molecule has 2 fully saturated rings. The summed E-state index contributed by atoms with van der Waals surface area (Å²) in [5.74, 6) is 0. The number of nitrogen functional groups attached to an aromatic ring is 1. The Kier molecular flexibility index (Phi) is 3.19. The van der Waals surface area contributed by atoms with Crippen molar-refractivity contribution in [2.75, 3.05) is 24.1 Å². The Labute approximate surface area is 125 Å². The Balaban J connectivity index is 1.64. The number of anilines is 2. The molecule has 1 aromatic heterocycles. The summed E-state index contributed by atoms with van der Waals surface area (Å²) < 4.78 is 0. The van der Waals surface area contributed by atoms with Crippen LogP contribution < -0.4 is 11.1 Å². The number of hydrogen-bond acceptors (Lipinski definition) is 4. The molecule has 0 amide bonds. The van der Waals surface area contributed by atoms with Crippen LogP contribution in [0, 0.1) is 0 Å². The van der Waals surface area contributed by atoms with Gasteiger partial charge in [0.1, 0.15) is 0 Å². The third-order valence-corrected chi connectivity index (χ3v) is 5.00. The number of pyridine rings is 1. The van der Waals surface area contributed by atoms with Gasteiger partial charge in [0.15, 0.2) is 0 Å². The molecule has 0 spiro atoms. The third-order valence-electron chi connectivity index (χ3n) is 5.00. The normalized spacial score (nSPS) is 25.9. The summed E-state index contributed by atoms with van der Waals surface area (Å²) in [4.78, 5) is 7.18. The molecule has 4 nitrogen and oxygen atoms in total. The molecule has 2 aliphatic heterocycles. The largest absolute Gasteiger partial charge is 0.398 e. The Hall–Kier alpha value is -1.81. The quantitative estimate of drug-likeness (QED) is 0.832. The van der Waals surface area contributed by atoms with E-state index in [2.05, 4.69) is 21.3 Å². The number of nitrogens with zero attached hydrogens (tertiary/aromatic N) is 2. The van der Waals surface area contributed by atoms with Gasteiger partial charge in [-0.3, -0.25) is 9.88 Å². The second-order valence-electron chi connectivity index (χ2n) is 6.24. The molecule has 0 aliphatic carbocycles. The Bertz CT molecular complexity index is 654. The summed E-state index contributed by atoms with van der Waals surface area (Å²) >= 11 is 0.